The third kappa shape index (κ3) is 4.38. The molecule has 1 aromatic rings. The van der Waals surface area contributed by atoms with E-state index in [0.29, 0.717) is 11.9 Å². The molecule has 0 unspecified atom stereocenters. The predicted molar refractivity (Wildman–Crippen MR) is 98.6 cm³/mol. The number of amides is 1. The van der Waals surface area contributed by atoms with Gasteiger partial charge in [0.2, 0.25) is 5.91 Å². The van der Waals surface area contributed by atoms with Crippen LogP contribution in [0.1, 0.15) is 49.9 Å². The first-order valence-corrected chi connectivity index (χ1v) is 10.5. The van der Waals surface area contributed by atoms with E-state index in [0.717, 1.165) is 12.8 Å². The van der Waals surface area contributed by atoms with Crippen LogP contribution in [-0.4, -0.2) is 45.2 Å². The van der Waals surface area contributed by atoms with E-state index in [1.54, 1.807) is 9.80 Å². The van der Waals surface area contributed by atoms with E-state index in [2.05, 4.69) is 36.8 Å². The minimum Gasteiger partial charge on any atom is -0.347 e. The molecule has 0 radical (unpaired) electrons. The van der Waals surface area contributed by atoms with Crippen LogP contribution in [-0.2, 0) is 4.79 Å². The summed E-state index contributed by atoms with van der Waals surface area (Å²) >= 11 is 1.84. The number of nitrogens with one attached hydrogen (secondary N) is 3. The summed E-state index contributed by atoms with van der Waals surface area (Å²) < 4.78 is 0. The van der Waals surface area contributed by atoms with Crippen molar-refractivity contribution in [3.05, 3.63) is 22.4 Å². The summed E-state index contributed by atoms with van der Waals surface area (Å²) in [5.74, 6) is 0.542. The summed E-state index contributed by atoms with van der Waals surface area (Å²) in [4.78, 5) is 17.4. The van der Waals surface area contributed by atoms with E-state index < -0.39 is 0 Å². The lowest BCUT2D eigenvalue weighted by Crippen LogP contribution is -3.27. The SMILES string of the molecule is C[C@@H](NC(=O)C1CCCCC1)[C@@H](c1cccs1)[NH+]1CC[NH+](C)CC1. The Balaban J connectivity index is 1.66. The van der Waals surface area contributed by atoms with Crippen LogP contribution in [0.5, 0.6) is 0 Å². The standard InChI is InChI=1S/C19H31N3OS/c1-15(20-19(23)16-7-4-3-5-8-16)18(17-9-6-14-24-17)22-12-10-21(2)11-13-22/h6,9,14-16,18H,3-5,7-8,10-13H2,1-2H3,(H,20,23)/p+2/t15-,18+/m1/s1. The molecule has 1 saturated heterocycles. The molecule has 2 aliphatic rings. The molecular formula is C19H33N3OS+2. The van der Waals surface area contributed by atoms with E-state index in [9.17, 15) is 4.79 Å². The number of hydrogen-bond donors (Lipinski definition) is 3. The molecule has 1 amide bonds. The molecule has 0 aromatic carbocycles. The number of likely N-dealkylation sites (N-methyl/N-ethyl adjacent to an activating group) is 1. The number of carbonyl (C=O) groups excluding carboxylic acids is 1. The Bertz CT molecular complexity index is 505. The zero-order valence-electron chi connectivity index (χ0n) is 15.1. The molecule has 3 rings (SSSR count). The Hall–Kier alpha value is -0.910. The van der Waals surface area contributed by atoms with Crippen molar-refractivity contribution in [1.29, 1.82) is 0 Å². The van der Waals surface area contributed by atoms with Gasteiger partial charge in [0, 0.05) is 5.92 Å². The Morgan fingerprint density at radius 2 is 1.92 bits per heavy atom. The first kappa shape index (κ1) is 17.9. The van der Waals surface area contributed by atoms with Gasteiger partial charge in [0.15, 0.2) is 0 Å². The zero-order valence-corrected chi connectivity index (χ0v) is 16.0. The van der Waals surface area contributed by atoms with Gasteiger partial charge >= 0.3 is 0 Å². The van der Waals surface area contributed by atoms with Crippen LogP contribution < -0.4 is 15.1 Å². The van der Waals surface area contributed by atoms with Gasteiger partial charge in [-0.1, -0.05) is 25.3 Å². The fraction of sp³-hybridized carbons (Fsp3) is 0.737. The summed E-state index contributed by atoms with van der Waals surface area (Å²) in [5, 5.41) is 5.55. The van der Waals surface area contributed by atoms with Crippen LogP contribution in [0.2, 0.25) is 0 Å². The maximum absolute atomic E-state index is 12.7. The van der Waals surface area contributed by atoms with Gasteiger partial charge in [-0.15, -0.1) is 11.3 Å². The molecule has 1 aromatic heterocycles. The third-order valence-electron chi connectivity index (χ3n) is 5.88. The fourth-order valence-electron chi connectivity index (χ4n) is 4.37. The average molecular weight is 352 g/mol. The molecular weight excluding hydrogens is 318 g/mol. The summed E-state index contributed by atoms with van der Waals surface area (Å²) in [6, 6.07) is 4.98. The summed E-state index contributed by atoms with van der Waals surface area (Å²) in [5.41, 5.74) is 0. The lowest BCUT2D eigenvalue weighted by molar-refractivity contribution is -1.02. The molecule has 0 spiro atoms. The van der Waals surface area contributed by atoms with Gasteiger partial charge in [-0.3, -0.25) is 4.79 Å². The quantitative estimate of drug-likeness (QED) is 0.701. The minimum atomic E-state index is 0.200. The van der Waals surface area contributed by atoms with E-state index in [1.807, 2.05) is 11.3 Å². The number of hydrogen-bond acceptors (Lipinski definition) is 2. The van der Waals surface area contributed by atoms with E-state index in [1.165, 1.54) is 50.3 Å². The highest BCUT2D eigenvalue weighted by molar-refractivity contribution is 7.10. The second-order valence-corrected chi connectivity index (χ2v) is 8.72. The Morgan fingerprint density at radius 1 is 1.21 bits per heavy atom. The Morgan fingerprint density at radius 3 is 2.54 bits per heavy atom. The van der Waals surface area contributed by atoms with Gasteiger partial charge in [0.25, 0.3) is 0 Å². The number of rotatable bonds is 5. The Labute approximate surface area is 150 Å². The smallest absolute Gasteiger partial charge is 0.223 e. The highest BCUT2D eigenvalue weighted by Gasteiger charge is 2.35. The van der Waals surface area contributed by atoms with Crippen LogP contribution in [0.4, 0.5) is 0 Å². The number of carbonyl (C=O) groups is 1. The summed E-state index contributed by atoms with van der Waals surface area (Å²) in [7, 11) is 2.28. The molecule has 134 valence electrons. The molecule has 24 heavy (non-hydrogen) atoms. The fourth-order valence-corrected chi connectivity index (χ4v) is 5.36. The van der Waals surface area contributed by atoms with Gasteiger partial charge in [0.05, 0.1) is 18.0 Å². The molecule has 1 aliphatic carbocycles. The topological polar surface area (TPSA) is 38.0 Å². The maximum atomic E-state index is 12.7. The molecule has 2 atom stereocenters. The number of piperazine rings is 1. The first-order chi connectivity index (χ1) is 11.6. The van der Waals surface area contributed by atoms with E-state index in [-0.39, 0.29) is 12.0 Å². The lowest BCUT2D eigenvalue weighted by Gasteiger charge is -2.36. The second-order valence-electron chi connectivity index (χ2n) is 7.74. The largest absolute Gasteiger partial charge is 0.347 e. The predicted octanol–water partition coefficient (Wildman–Crippen LogP) is 0.287. The normalized spacial score (nSPS) is 28.2. The summed E-state index contributed by atoms with van der Waals surface area (Å²) in [6.45, 7) is 7.04. The van der Waals surface area contributed by atoms with Crippen LogP contribution in [0.3, 0.4) is 0 Å². The Kier molecular flexibility index (Phi) is 6.31. The number of thiophene rings is 1. The monoisotopic (exact) mass is 351 g/mol. The van der Waals surface area contributed by atoms with Gasteiger partial charge in [-0.2, -0.15) is 0 Å². The molecule has 2 heterocycles. The molecule has 1 aliphatic heterocycles. The summed E-state index contributed by atoms with van der Waals surface area (Å²) in [6.07, 6.45) is 5.88. The van der Waals surface area contributed by atoms with Crippen molar-refractivity contribution in [2.45, 2.75) is 51.1 Å². The second kappa shape index (κ2) is 8.45. The van der Waals surface area contributed by atoms with Crippen molar-refractivity contribution in [2.75, 3.05) is 33.2 Å². The first-order valence-electron chi connectivity index (χ1n) is 9.65. The van der Waals surface area contributed by atoms with Crippen molar-refractivity contribution in [1.82, 2.24) is 5.32 Å². The van der Waals surface area contributed by atoms with Gasteiger partial charge in [0.1, 0.15) is 32.2 Å². The van der Waals surface area contributed by atoms with Crippen LogP contribution in [0.25, 0.3) is 0 Å². The minimum absolute atomic E-state index is 0.200. The lowest BCUT2D eigenvalue weighted by atomic mass is 9.88. The average Bonchev–Trinajstić information content (AvgIpc) is 3.11. The van der Waals surface area contributed by atoms with E-state index >= 15 is 0 Å². The molecule has 0 bridgehead atoms. The van der Waals surface area contributed by atoms with Crippen molar-refractivity contribution in [3.63, 3.8) is 0 Å². The van der Waals surface area contributed by atoms with Gasteiger partial charge < -0.3 is 15.1 Å². The third-order valence-corrected chi connectivity index (χ3v) is 6.84. The molecule has 5 heteroatoms. The van der Waals surface area contributed by atoms with Crippen LogP contribution in [0.15, 0.2) is 17.5 Å². The van der Waals surface area contributed by atoms with Gasteiger partial charge in [-0.05, 0) is 31.2 Å². The highest BCUT2D eigenvalue weighted by Crippen LogP contribution is 2.25. The van der Waals surface area contributed by atoms with Crippen molar-refractivity contribution < 1.29 is 14.6 Å². The maximum Gasteiger partial charge on any atom is 0.223 e. The van der Waals surface area contributed by atoms with Gasteiger partial charge in [-0.25, -0.2) is 0 Å². The van der Waals surface area contributed by atoms with Crippen molar-refractivity contribution in [2.24, 2.45) is 5.92 Å². The van der Waals surface area contributed by atoms with Crippen LogP contribution in [0, 0.1) is 5.92 Å². The van der Waals surface area contributed by atoms with Crippen LogP contribution >= 0.6 is 11.3 Å². The molecule has 3 N–H and O–H groups in total. The van der Waals surface area contributed by atoms with Crippen molar-refractivity contribution >= 4 is 17.2 Å². The molecule has 1 saturated carbocycles. The van der Waals surface area contributed by atoms with Crippen molar-refractivity contribution in [3.8, 4) is 0 Å². The molecule has 2 fully saturated rings. The van der Waals surface area contributed by atoms with E-state index in [4.69, 9.17) is 0 Å². The highest BCUT2D eigenvalue weighted by atomic mass is 32.1. The number of quaternary nitrogens is 2. The zero-order chi connectivity index (χ0) is 16.9. The molecule has 4 nitrogen and oxygen atoms in total.